The Balaban J connectivity index is 2.60. The molecule has 0 aliphatic carbocycles. The summed E-state index contributed by atoms with van der Waals surface area (Å²) in [5.74, 6) is 1.53. The van der Waals surface area contributed by atoms with Crippen LogP contribution < -0.4 is 20.6 Å². The van der Waals surface area contributed by atoms with Crippen LogP contribution in [0.4, 0.5) is 0 Å². The Morgan fingerprint density at radius 3 is 2.39 bits per heavy atom. The minimum Gasteiger partial charge on any atom is -0.497 e. The molecule has 1 aromatic carbocycles. The van der Waals surface area contributed by atoms with Crippen LogP contribution in [0.2, 0.25) is 0 Å². The molecule has 0 aromatic heterocycles. The van der Waals surface area contributed by atoms with E-state index in [1.54, 1.807) is 7.11 Å². The van der Waals surface area contributed by atoms with E-state index in [0.29, 0.717) is 0 Å². The highest BCUT2D eigenvalue weighted by Crippen LogP contribution is 2.18. The van der Waals surface area contributed by atoms with Crippen LogP contribution >= 0.6 is 12.2 Å². The van der Waals surface area contributed by atoms with Gasteiger partial charge in [0.05, 0.1) is 12.8 Å². The second-order valence-electron chi connectivity index (χ2n) is 3.66. The minimum atomic E-state index is -0.180. The summed E-state index contributed by atoms with van der Waals surface area (Å²) in [5.41, 5.74) is 8.56. The maximum Gasteiger partial charge on any atom is 0.184 e. The smallest absolute Gasteiger partial charge is 0.184 e. The third-order valence-corrected chi connectivity index (χ3v) is 2.39. The van der Waals surface area contributed by atoms with E-state index in [4.69, 9.17) is 15.2 Å². The fraction of sp³-hybridized carbons (Fsp3) is 0.333. The molecule has 1 unspecified atom stereocenters. The average Bonchev–Trinajstić information content (AvgIpc) is 2.36. The first-order chi connectivity index (χ1) is 8.52. The average molecular weight is 267 g/mol. The van der Waals surface area contributed by atoms with Gasteiger partial charge in [0.25, 0.3) is 0 Å². The van der Waals surface area contributed by atoms with Crippen LogP contribution in [0, 0.1) is 0 Å². The molecule has 98 valence electrons. The second kappa shape index (κ2) is 6.80. The van der Waals surface area contributed by atoms with Crippen molar-refractivity contribution in [1.29, 1.82) is 0 Å². The number of rotatable bonds is 5. The Hall–Kier alpha value is -1.82. The van der Waals surface area contributed by atoms with Crippen molar-refractivity contribution in [3.05, 3.63) is 24.3 Å². The molecule has 3 N–H and O–H groups in total. The van der Waals surface area contributed by atoms with Gasteiger partial charge >= 0.3 is 0 Å². The molecule has 0 aliphatic rings. The minimum absolute atomic E-state index is 0.131. The summed E-state index contributed by atoms with van der Waals surface area (Å²) >= 11 is 4.66. The third-order valence-electron chi connectivity index (χ3n) is 2.30. The number of ether oxygens (including phenoxy) is 2. The molecule has 0 heterocycles. The lowest BCUT2D eigenvalue weighted by Crippen LogP contribution is -2.29. The van der Waals surface area contributed by atoms with E-state index in [2.05, 4.69) is 22.7 Å². The highest BCUT2D eigenvalue weighted by Gasteiger charge is 2.08. The van der Waals surface area contributed by atoms with Crippen LogP contribution in [0.5, 0.6) is 11.5 Å². The number of thiocarbonyl (C=S) groups is 1. The zero-order chi connectivity index (χ0) is 13.5. The molecule has 0 amide bonds. The van der Waals surface area contributed by atoms with Gasteiger partial charge in [0.2, 0.25) is 0 Å². The van der Waals surface area contributed by atoms with Gasteiger partial charge in [-0.25, -0.2) is 0 Å². The van der Waals surface area contributed by atoms with Crippen molar-refractivity contribution in [3.63, 3.8) is 0 Å². The molecule has 5 nitrogen and oxygen atoms in total. The SMILES string of the molecule is COc1ccc(OC(C)/C(C)=N/NC(N)=S)cc1. The molecule has 0 saturated carbocycles. The van der Waals surface area contributed by atoms with Crippen molar-refractivity contribution in [1.82, 2.24) is 5.43 Å². The number of nitrogens with one attached hydrogen (secondary N) is 1. The molecule has 0 bridgehead atoms. The number of methoxy groups -OCH3 is 1. The molecule has 18 heavy (non-hydrogen) atoms. The fourth-order valence-corrected chi connectivity index (χ4v) is 1.22. The summed E-state index contributed by atoms with van der Waals surface area (Å²) in [6, 6.07) is 7.34. The van der Waals surface area contributed by atoms with Gasteiger partial charge < -0.3 is 15.2 Å². The quantitative estimate of drug-likeness (QED) is 0.482. The van der Waals surface area contributed by atoms with Gasteiger partial charge in [0.15, 0.2) is 5.11 Å². The summed E-state index contributed by atoms with van der Waals surface area (Å²) in [5, 5.41) is 4.13. The molecule has 0 fully saturated rings. The molecule has 0 spiro atoms. The van der Waals surface area contributed by atoms with E-state index in [9.17, 15) is 0 Å². The monoisotopic (exact) mass is 267 g/mol. The summed E-state index contributed by atoms with van der Waals surface area (Å²) < 4.78 is 10.8. The molecule has 0 radical (unpaired) electrons. The van der Waals surface area contributed by atoms with Gasteiger partial charge in [-0.15, -0.1) is 0 Å². The normalized spacial score (nSPS) is 12.7. The van der Waals surface area contributed by atoms with Crippen LogP contribution in [0.3, 0.4) is 0 Å². The van der Waals surface area contributed by atoms with Crippen LogP contribution in [-0.4, -0.2) is 24.0 Å². The first kappa shape index (κ1) is 14.2. The first-order valence-electron chi connectivity index (χ1n) is 5.43. The molecule has 0 aliphatic heterocycles. The Labute approximate surface area is 112 Å². The summed E-state index contributed by atoms with van der Waals surface area (Å²) in [6.07, 6.45) is -0.180. The van der Waals surface area contributed by atoms with E-state index >= 15 is 0 Å². The van der Waals surface area contributed by atoms with Gasteiger partial charge in [0.1, 0.15) is 17.6 Å². The number of hydrogen-bond donors (Lipinski definition) is 2. The summed E-state index contributed by atoms with van der Waals surface area (Å²) in [4.78, 5) is 0. The maximum atomic E-state index is 5.70. The van der Waals surface area contributed by atoms with Gasteiger partial charge in [0, 0.05) is 0 Å². The van der Waals surface area contributed by atoms with Crippen LogP contribution in [0.25, 0.3) is 0 Å². The van der Waals surface area contributed by atoms with Gasteiger partial charge in [-0.1, -0.05) is 0 Å². The third kappa shape index (κ3) is 4.58. The largest absolute Gasteiger partial charge is 0.497 e. The van der Waals surface area contributed by atoms with E-state index < -0.39 is 0 Å². The molecule has 1 atom stereocenters. The molecule has 6 heteroatoms. The number of nitrogens with two attached hydrogens (primary N) is 1. The Morgan fingerprint density at radius 2 is 1.89 bits per heavy atom. The van der Waals surface area contributed by atoms with E-state index in [0.717, 1.165) is 17.2 Å². The number of benzene rings is 1. The predicted molar refractivity (Wildman–Crippen MR) is 76.1 cm³/mol. The van der Waals surface area contributed by atoms with Crippen molar-refractivity contribution >= 4 is 23.0 Å². The van der Waals surface area contributed by atoms with Crippen molar-refractivity contribution < 1.29 is 9.47 Å². The topological polar surface area (TPSA) is 68.9 Å². The lowest BCUT2D eigenvalue weighted by atomic mass is 10.2. The molecule has 1 aromatic rings. The summed E-state index contributed by atoms with van der Waals surface area (Å²) in [6.45, 7) is 3.73. The van der Waals surface area contributed by atoms with Crippen molar-refractivity contribution in [2.75, 3.05) is 7.11 Å². The zero-order valence-electron chi connectivity index (χ0n) is 10.6. The van der Waals surface area contributed by atoms with Gasteiger partial charge in [-0.2, -0.15) is 5.10 Å². The van der Waals surface area contributed by atoms with Crippen molar-refractivity contribution in [2.24, 2.45) is 10.8 Å². The van der Waals surface area contributed by atoms with Crippen molar-refractivity contribution in [2.45, 2.75) is 20.0 Å². The molecular formula is C12H17N3O2S. The van der Waals surface area contributed by atoms with Gasteiger partial charge in [-0.05, 0) is 50.3 Å². The van der Waals surface area contributed by atoms with E-state index in [1.165, 1.54) is 0 Å². The molecule has 0 saturated heterocycles. The zero-order valence-corrected chi connectivity index (χ0v) is 11.5. The number of hydrogen-bond acceptors (Lipinski definition) is 4. The second-order valence-corrected chi connectivity index (χ2v) is 4.10. The van der Waals surface area contributed by atoms with Crippen LogP contribution in [0.1, 0.15) is 13.8 Å². The highest BCUT2D eigenvalue weighted by molar-refractivity contribution is 7.80. The van der Waals surface area contributed by atoms with Crippen LogP contribution in [0.15, 0.2) is 29.4 Å². The van der Waals surface area contributed by atoms with E-state index in [-0.39, 0.29) is 11.2 Å². The fourth-order valence-electron chi connectivity index (χ4n) is 1.18. The number of nitrogens with zero attached hydrogens (tertiary/aromatic N) is 1. The maximum absolute atomic E-state index is 5.70. The first-order valence-corrected chi connectivity index (χ1v) is 5.84. The Kier molecular flexibility index (Phi) is 5.38. The highest BCUT2D eigenvalue weighted by atomic mass is 32.1. The Bertz CT molecular complexity index is 431. The standard InChI is InChI=1S/C12H17N3O2S/c1-8(14-15-12(13)18)9(2)17-11-6-4-10(16-3)5-7-11/h4-7,9H,1-3H3,(H3,13,15,18)/b14-8+. The van der Waals surface area contributed by atoms with Crippen molar-refractivity contribution in [3.8, 4) is 11.5 Å². The molecule has 1 rings (SSSR count). The lowest BCUT2D eigenvalue weighted by molar-refractivity contribution is 0.285. The number of hydrazone groups is 1. The Morgan fingerprint density at radius 1 is 1.33 bits per heavy atom. The lowest BCUT2D eigenvalue weighted by Gasteiger charge is -2.14. The van der Waals surface area contributed by atoms with E-state index in [1.807, 2.05) is 38.1 Å². The molecular weight excluding hydrogens is 250 g/mol. The predicted octanol–water partition coefficient (Wildman–Crippen LogP) is 1.67. The summed E-state index contributed by atoms with van der Waals surface area (Å²) in [7, 11) is 1.62. The van der Waals surface area contributed by atoms with Crippen LogP contribution in [-0.2, 0) is 0 Å². The van der Waals surface area contributed by atoms with Gasteiger partial charge in [-0.3, -0.25) is 5.43 Å².